The number of para-hydroxylation sites is 2. The van der Waals surface area contributed by atoms with Gasteiger partial charge in [0.05, 0.1) is 21.1 Å². The van der Waals surface area contributed by atoms with Gasteiger partial charge in [0.15, 0.2) is 5.75 Å². The minimum Gasteiger partial charge on any atom is -0.421 e. The maximum Gasteiger partial charge on any atom is 0.343 e. The lowest BCUT2D eigenvalue weighted by molar-refractivity contribution is -0.384. The van der Waals surface area contributed by atoms with Crippen LogP contribution in [0.25, 0.3) is 0 Å². The fourth-order valence-electron chi connectivity index (χ4n) is 2.44. The van der Waals surface area contributed by atoms with E-state index in [0.717, 1.165) is 5.56 Å². The minimum atomic E-state index is -3.88. The van der Waals surface area contributed by atoms with Crippen molar-refractivity contribution in [2.24, 2.45) is 0 Å². The van der Waals surface area contributed by atoms with Gasteiger partial charge in [0.1, 0.15) is 0 Å². The van der Waals surface area contributed by atoms with E-state index in [0.29, 0.717) is 0 Å². The van der Waals surface area contributed by atoms with Crippen LogP contribution in [-0.4, -0.2) is 19.3 Å². The number of nitrogens with one attached hydrogen (secondary N) is 1. The molecule has 0 aliphatic heterocycles. The molecule has 0 unspecified atom stereocenters. The fourth-order valence-corrected chi connectivity index (χ4v) is 3.51. The zero-order valence-corrected chi connectivity index (χ0v) is 16.0. The first-order valence-corrected chi connectivity index (χ1v) is 9.90. The third-order valence-electron chi connectivity index (χ3n) is 3.98. The summed E-state index contributed by atoms with van der Waals surface area (Å²) < 4.78 is 32.9. The molecule has 0 atom stereocenters. The number of esters is 1. The molecule has 1 N–H and O–H groups in total. The highest BCUT2D eigenvalue weighted by atomic mass is 32.2. The number of hydrogen-bond acceptors (Lipinski definition) is 6. The summed E-state index contributed by atoms with van der Waals surface area (Å²) >= 11 is 0. The summed E-state index contributed by atoms with van der Waals surface area (Å²) in [5.41, 5.74) is 0.935. The van der Waals surface area contributed by atoms with E-state index in [1.165, 1.54) is 48.5 Å². The summed E-state index contributed by atoms with van der Waals surface area (Å²) in [6.07, 6.45) is 0. The maximum absolute atomic E-state index is 12.6. The molecule has 148 valence electrons. The van der Waals surface area contributed by atoms with E-state index in [4.69, 9.17) is 4.74 Å². The van der Waals surface area contributed by atoms with Crippen molar-refractivity contribution in [1.82, 2.24) is 0 Å². The molecule has 0 fully saturated rings. The highest BCUT2D eigenvalue weighted by Gasteiger charge is 2.18. The van der Waals surface area contributed by atoms with Crippen molar-refractivity contribution >= 4 is 27.4 Å². The number of anilines is 1. The Morgan fingerprint density at radius 1 is 0.966 bits per heavy atom. The summed E-state index contributed by atoms with van der Waals surface area (Å²) in [6.45, 7) is 1.84. The third-order valence-corrected chi connectivity index (χ3v) is 5.36. The normalized spacial score (nSPS) is 10.9. The van der Waals surface area contributed by atoms with Gasteiger partial charge in [-0.3, -0.25) is 14.8 Å². The molecule has 0 amide bonds. The maximum atomic E-state index is 12.6. The molecule has 9 heteroatoms. The number of nitro groups is 1. The number of non-ortho nitro benzene ring substituents is 1. The molecule has 3 aromatic rings. The number of rotatable bonds is 6. The number of sulfonamides is 1. The molecule has 0 aliphatic carbocycles. The van der Waals surface area contributed by atoms with Gasteiger partial charge in [0, 0.05) is 12.1 Å². The summed E-state index contributed by atoms with van der Waals surface area (Å²) in [6, 6.07) is 17.3. The highest BCUT2D eigenvalue weighted by Crippen LogP contribution is 2.27. The molecule has 8 nitrogen and oxygen atoms in total. The van der Waals surface area contributed by atoms with Crippen LogP contribution in [0.15, 0.2) is 77.7 Å². The summed E-state index contributed by atoms with van der Waals surface area (Å²) in [7, 11) is -3.88. The average molecular weight is 412 g/mol. The molecule has 29 heavy (non-hydrogen) atoms. The molecule has 0 aliphatic rings. The number of ether oxygens (including phenoxy) is 1. The lowest BCUT2D eigenvalue weighted by Crippen LogP contribution is -2.15. The Morgan fingerprint density at radius 3 is 2.21 bits per heavy atom. The Hall–Kier alpha value is -3.72. The van der Waals surface area contributed by atoms with E-state index in [9.17, 15) is 23.3 Å². The number of hydrogen-bond donors (Lipinski definition) is 1. The zero-order chi connectivity index (χ0) is 21.0. The van der Waals surface area contributed by atoms with Crippen molar-refractivity contribution in [2.45, 2.75) is 11.8 Å². The van der Waals surface area contributed by atoms with E-state index in [-0.39, 0.29) is 27.6 Å². The predicted molar refractivity (Wildman–Crippen MR) is 106 cm³/mol. The van der Waals surface area contributed by atoms with Gasteiger partial charge in [-0.2, -0.15) is 0 Å². The summed E-state index contributed by atoms with van der Waals surface area (Å²) in [5.74, 6) is -0.770. The first-order valence-electron chi connectivity index (χ1n) is 8.41. The van der Waals surface area contributed by atoms with E-state index >= 15 is 0 Å². The number of benzene rings is 3. The second-order valence-corrected chi connectivity index (χ2v) is 7.79. The zero-order valence-electron chi connectivity index (χ0n) is 15.2. The monoisotopic (exact) mass is 412 g/mol. The highest BCUT2D eigenvalue weighted by molar-refractivity contribution is 7.92. The van der Waals surface area contributed by atoms with Crippen molar-refractivity contribution in [1.29, 1.82) is 0 Å². The lowest BCUT2D eigenvalue weighted by atomic mass is 10.2. The van der Waals surface area contributed by atoms with Crippen LogP contribution >= 0.6 is 0 Å². The van der Waals surface area contributed by atoms with Crippen LogP contribution in [0.3, 0.4) is 0 Å². The molecule has 0 radical (unpaired) electrons. The molecular weight excluding hydrogens is 396 g/mol. The van der Waals surface area contributed by atoms with Crippen LogP contribution in [0, 0.1) is 17.0 Å². The summed E-state index contributed by atoms with van der Waals surface area (Å²) in [4.78, 5) is 22.6. The molecule has 0 saturated carbocycles. The average Bonchev–Trinajstić information content (AvgIpc) is 2.69. The van der Waals surface area contributed by atoms with E-state index in [2.05, 4.69) is 4.72 Å². The number of carbonyl (C=O) groups excluding carboxylic acids is 1. The largest absolute Gasteiger partial charge is 0.421 e. The smallest absolute Gasteiger partial charge is 0.343 e. The quantitative estimate of drug-likeness (QED) is 0.284. The molecule has 0 bridgehead atoms. The molecule has 3 aromatic carbocycles. The van der Waals surface area contributed by atoms with Crippen molar-refractivity contribution < 1.29 is 22.9 Å². The Kier molecular flexibility index (Phi) is 5.60. The Labute approximate surface area is 167 Å². The topological polar surface area (TPSA) is 116 Å². The number of nitrogens with zero attached hydrogens (tertiary/aromatic N) is 1. The molecule has 3 rings (SSSR count). The van der Waals surface area contributed by atoms with Crippen LogP contribution in [0.2, 0.25) is 0 Å². The van der Waals surface area contributed by atoms with Gasteiger partial charge in [-0.25, -0.2) is 13.2 Å². The van der Waals surface area contributed by atoms with E-state index in [1.54, 1.807) is 24.3 Å². The van der Waals surface area contributed by atoms with Crippen LogP contribution in [0.4, 0.5) is 11.4 Å². The van der Waals surface area contributed by atoms with Gasteiger partial charge in [-0.1, -0.05) is 29.8 Å². The standard InChI is InChI=1S/C20H16N2O6S/c1-14-6-12-17(13-7-14)29(26,27)21-18-4-2-3-5-19(18)28-20(23)15-8-10-16(11-9-15)22(24)25/h2-13,21H,1H3. The summed E-state index contributed by atoms with van der Waals surface area (Å²) in [5, 5.41) is 10.7. The second kappa shape index (κ2) is 8.11. The van der Waals surface area contributed by atoms with Gasteiger partial charge in [0.25, 0.3) is 15.7 Å². The van der Waals surface area contributed by atoms with Gasteiger partial charge in [-0.15, -0.1) is 0 Å². The SMILES string of the molecule is Cc1ccc(S(=O)(=O)Nc2ccccc2OC(=O)c2ccc([N+](=O)[O-])cc2)cc1. The third kappa shape index (κ3) is 4.77. The first-order chi connectivity index (χ1) is 13.8. The number of carbonyl (C=O) groups is 1. The Morgan fingerprint density at radius 2 is 1.59 bits per heavy atom. The molecule has 0 heterocycles. The van der Waals surface area contributed by atoms with Crippen molar-refractivity contribution in [3.63, 3.8) is 0 Å². The van der Waals surface area contributed by atoms with Crippen LogP contribution in [-0.2, 0) is 10.0 Å². The van der Waals surface area contributed by atoms with Crippen LogP contribution in [0.5, 0.6) is 5.75 Å². The van der Waals surface area contributed by atoms with E-state index in [1.807, 2.05) is 6.92 Å². The predicted octanol–water partition coefficient (Wildman–Crippen LogP) is 3.92. The molecule has 0 spiro atoms. The van der Waals surface area contributed by atoms with Gasteiger partial charge in [-0.05, 0) is 43.3 Å². The van der Waals surface area contributed by atoms with Gasteiger partial charge in [0.2, 0.25) is 0 Å². The van der Waals surface area contributed by atoms with Crippen molar-refractivity contribution in [2.75, 3.05) is 4.72 Å². The van der Waals surface area contributed by atoms with E-state index < -0.39 is 20.9 Å². The number of nitro benzene ring substituents is 1. The van der Waals surface area contributed by atoms with Crippen LogP contribution in [0.1, 0.15) is 15.9 Å². The minimum absolute atomic E-state index is 0.00606. The van der Waals surface area contributed by atoms with Crippen LogP contribution < -0.4 is 9.46 Å². The van der Waals surface area contributed by atoms with Gasteiger partial charge >= 0.3 is 5.97 Å². The molecule has 0 aromatic heterocycles. The lowest BCUT2D eigenvalue weighted by Gasteiger charge is -2.13. The van der Waals surface area contributed by atoms with Gasteiger partial charge < -0.3 is 4.74 Å². The van der Waals surface area contributed by atoms with Crippen molar-refractivity contribution in [3.05, 3.63) is 94.0 Å². The second-order valence-electron chi connectivity index (χ2n) is 6.11. The fraction of sp³-hybridized carbons (Fsp3) is 0.0500. The first kappa shape index (κ1) is 20.0. The molecular formula is C20H16N2O6S. The Bertz CT molecular complexity index is 1160. The molecule has 0 saturated heterocycles. The van der Waals surface area contributed by atoms with Crippen molar-refractivity contribution in [3.8, 4) is 5.75 Å². The Balaban J connectivity index is 1.82. The number of aryl methyl sites for hydroxylation is 1.